The van der Waals surface area contributed by atoms with Crippen LogP contribution in [0.1, 0.15) is 39.4 Å². The molecule has 1 atom stereocenters. The molecule has 0 spiro atoms. The summed E-state index contributed by atoms with van der Waals surface area (Å²) in [6, 6.07) is 7.52. The van der Waals surface area contributed by atoms with Gasteiger partial charge in [-0.2, -0.15) is 5.10 Å². The monoisotopic (exact) mass is 419 g/mol. The van der Waals surface area contributed by atoms with E-state index in [2.05, 4.69) is 39.7 Å². The second kappa shape index (κ2) is 8.62. The molecule has 0 aliphatic heterocycles. The number of aromatic nitrogens is 3. The van der Waals surface area contributed by atoms with E-state index in [0.29, 0.717) is 16.0 Å². The number of halogens is 1. The van der Waals surface area contributed by atoms with E-state index < -0.39 is 0 Å². The molecule has 0 fully saturated rings. The number of nitrogens with one attached hydrogen (secondary N) is 3. The molecule has 0 saturated carbocycles. The van der Waals surface area contributed by atoms with Crippen molar-refractivity contribution in [2.24, 2.45) is 0 Å². The Morgan fingerprint density at radius 2 is 2.07 bits per heavy atom. The van der Waals surface area contributed by atoms with Crippen LogP contribution in [0.2, 0.25) is 5.02 Å². The first-order chi connectivity index (χ1) is 13.3. The average Bonchev–Trinajstić information content (AvgIpc) is 3.25. The summed E-state index contributed by atoms with van der Waals surface area (Å²) in [7, 11) is 0. The SMILES string of the molecule is CC(=O)NC(C)c1cc(-c2cnc(Oc3ccc(NC(C)C)c(Cl)c3)s2)n[nH]1. The zero-order valence-electron chi connectivity index (χ0n) is 16.0. The van der Waals surface area contributed by atoms with Gasteiger partial charge < -0.3 is 15.4 Å². The molecule has 3 aromatic rings. The summed E-state index contributed by atoms with van der Waals surface area (Å²) in [5.41, 5.74) is 2.43. The Morgan fingerprint density at radius 3 is 2.75 bits per heavy atom. The summed E-state index contributed by atoms with van der Waals surface area (Å²) in [6.07, 6.45) is 1.71. The van der Waals surface area contributed by atoms with Gasteiger partial charge in [0, 0.05) is 19.0 Å². The van der Waals surface area contributed by atoms with Crippen LogP contribution in [0.3, 0.4) is 0 Å². The van der Waals surface area contributed by atoms with E-state index in [-0.39, 0.29) is 18.0 Å². The number of carbonyl (C=O) groups is 1. The van der Waals surface area contributed by atoms with Gasteiger partial charge in [0.1, 0.15) is 11.4 Å². The Hall–Kier alpha value is -2.58. The fraction of sp³-hybridized carbons (Fsp3) is 0.316. The Labute approximate surface area is 172 Å². The van der Waals surface area contributed by atoms with Crippen LogP contribution in [0.5, 0.6) is 10.9 Å². The third-order valence-corrected chi connectivity index (χ3v) is 5.02. The van der Waals surface area contributed by atoms with Gasteiger partial charge in [0.25, 0.3) is 5.19 Å². The number of carbonyl (C=O) groups excluding carboxylic acids is 1. The summed E-state index contributed by atoms with van der Waals surface area (Å²) in [5.74, 6) is 0.521. The Bertz CT molecular complexity index is 969. The van der Waals surface area contributed by atoms with E-state index in [0.717, 1.165) is 22.0 Å². The number of nitrogens with zero attached hydrogens (tertiary/aromatic N) is 2. The minimum absolute atomic E-state index is 0.0922. The number of benzene rings is 1. The lowest BCUT2D eigenvalue weighted by atomic mass is 10.2. The molecule has 9 heteroatoms. The van der Waals surface area contributed by atoms with Gasteiger partial charge in [0.15, 0.2) is 0 Å². The van der Waals surface area contributed by atoms with Crippen LogP contribution < -0.4 is 15.4 Å². The van der Waals surface area contributed by atoms with Crippen molar-refractivity contribution in [3.05, 3.63) is 41.2 Å². The Morgan fingerprint density at radius 1 is 1.29 bits per heavy atom. The van der Waals surface area contributed by atoms with Gasteiger partial charge in [-0.25, -0.2) is 4.98 Å². The number of H-pyrrole nitrogens is 1. The first-order valence-corrected chi connectivity index (χ1v) is 10.0. The normalized spacial score (nSPS) is 12.1. The van der Waals surface area contributed by atoms with E-state index >= 15 is 0 Å². The molecule has 3 rings (SSSR count). The highest BCUT2D eigenvalue weighted by Gasteiger charge is 2.14. The molecule has 0 saturated heterocycles. The van der Waals surface area contributed by atoms with Gasteiger partial charge in [-0.15, -0.1) is 0 Å². The minimum Gasteiger partial charge on any atom is -0.431 e. The lowest BCUT2D eigenvalue weighted by Gasteiger charge is -2.12. The van der Waals surface area contributed by atoms with E-state index in [9.17, 15) is 4.79 Å². The van der Waals surface area contributed by atoms with Gasteiger partial charge in [-0.1, -0.05) is 22.9 Å². The number of anilines is 1. The number of rotatable bonds is 7. The van der Waals surface area contributed by atoms with E-state index in [1.807, 2.05) is 25.1 Å². The van der Waals surface area contributed by atoms with Crippen LogP contribution >= 0.6 is 22.9 Å². The van der Waals surface area contributed by atoms with Crippen molar-refractivity contribution in [1.29, 1.82) is 0 Å². The van der Waals surface area contributed by atoms with Gasteiger partial charge in [-0.05, 0) is 39.0 Å². The Balaban J connectivity index is 1.70. The van der Waals surface area contributed by atoms with Crippen molar-refractivity contribution < 1.29 is 9.53 Å². The zero-order valence-corrected chi connectivity index (χ0v) is 17.6. The average molecular weight is 420 g/mol. The molecule has 148 valence electrons. The largest absolute Gasteiger partial charge is 0.431 e. The van der Waals surface area contributed by atoms with E-state index in [1.165, 1.54) is 18.3 Å². The first kappa shape index (κ1) is 20.2. The fourth-order valence-electron chi connectivity index (χ4n) is 2.58. The van der Waals surface area contributed by atoms with Crippen molar-refractivity contribution in [2.75, 3.05) is 5.32 Å². The molecule has 0 aliphatic rings. The number of hydrogen-bond donors (Lipinski definition) is 3. The lowest BCUT2D eigenvalue weighted by Crippen LogP contribution is -2.23. The topological polar surface area (TPSA) is 91.9 Å². The van der Waals surface area contributed by atoms with Gasteiger partial charge in [0.2, 0.25) is 5.91 Å². The minimum atomic E-state index is -0.150. The smallest absolute Gasteiger partial charge is 0.279 e. The molecule has 0 radical (unpaired) electrons. The van der Waals surface area contributed by atoms with Crippen LogP contribution in [0.15, 0.2) is 30.5 Å². The van der Waals surface area contributed by atoms with Gasteiger partial charge in [-0.3, -0.25) is 9.89 Å². The summed E-state index contributed by atoms with van der Waals surface area (Å²) in [5, 5.41) is 14.4. The second-order valence-electron chi connectivity index (χ2n) is 6.66. The maximum absolute atomic E-state index is 11.2. The number of hydrogen-bond acceptors (Lipinski definition) is 6. The van der Waals surface area contributed by atoms with Gasteiger partial charge >= 0.3 is 0 Å². The molecule has 7 nitrogen and oxygen atoms in total. The molecule has 3 N–H and O–H groups in total. The van der Waals surface area contributed by atoms with E-state index in [1.54, 1.807) is 12.3 Å². The molecule has 0 bridgehead atoms. The molecule has 1 unspecified atom stereocenters. The number of thiazole rings is 1. The van der Waals surface area contributed by atoms with Crippen LogP contribution in [-0.2, 0) is 4.79 Å². The molecule has 1 aromatic carbocycles. The van der Waals surface area contributed by atoms with Gasteiger partial charge in [0.05, 0.1) is 33.5 Å². The maximum atomic E-state index is 11.2. The second-order valence-corrected chi connectivity index (χ2v) is 8.06. The number of amides is 1. The predicted octanol–water partition coefficient (Wildman–Crippen LogP) is 5.00. The molecular weight excluding hydrogens is 398 g/mol. The third kappa shape index (κ3) is 5.02. The number of ether oxygens (including phenoxy) is 1. The van der Waals surface area contributed by atoms with Crippen molar-refractivity contribution in [2.45, 2.75) is 39.8 Å². The van der Waals surface area contributed by atoms with Crippen LogP contribution in [-0.4, -0.2) is 27.1 Å². The highest BCUT2D eigenvalue weighted by Crippen LogP contribution is 2.35. The third-order valence-electron chi connectivity index (χ3n) is 3.81. The van der Waals surface area contributed by atoms with Crippen molar-refractivity contribution in [1.82, 2.24) is 20.5 Å². The fourth-order valence-corrected chi connectivity index (χ4v) is 3.55. The molecule has 1 amide bonds. The molecule has 2 heterocycles. The quantitative estimate of drug-likeness (QED) is 0.501. The molecule has 0 aliphatic carbocycles. The van der Waals surface area contributed by atoms with Crippen molar-refractivity contribution >= 4 is 34.5 Å². The first-order valence-electron chi connectivity index (χ1n) is 8.84. The highest BCUT2D eigenvalue weighted by atomic mass is 35.5. The predicted molar refractivity (Wildman–Crippen MR) is 112 cm³/mol. The molecule has 2 aromatic heterocycles. The number of aromatic amines is 1. The lowest BCUT2D eigenvalue weighted by molar-refractivity contribution is -0.119. The molecular formula is C19H22ClN5O2S. The van der Waals surface area contributed by atoms with Crippen molar-refractivity contribution in [3.8, 4) is 21.5 Å². The van der Waals surface area contributed by atoms with Crippen LogP contribution in [0, 0.1) is 0 Å². The Kier molecular flexibility index (Phi) is 6.21. The summed E-state index contributed by atoms with van der Waals surface area (Å²) in [6.45, 7) is 7.48. The van der Waals surface area contributed by atoms with E-state index in [4.69, 9.17) is 16.3 Å². The zero-order chi connectivity index (χ0) is 20.3. The van der Waals surface area contributed by atoms with Crippen LogP contribution in [0.4, 0.5) is 5.69 Å². The molecule has 28 heavy (non-hydrogen) atoms. The standard InChI is InChI=1S/C19H22ClN5O2S/c1-10(2)22-15-6-5-13(7-14(15)20)27-19-21-9-18(28-19)17-8-16(24-25-17)11(3)23-12(4)26/h5-11,22H,1-4H3,(H,23,26)(H,24,25). The summed E-state index contributed by atoms with van der Waals surface area (Å²) >= 11 is 7.68. The maximum Gasteiger partial charge on any atom is 0.279 e. The summed E-state index contributed by atoms with van der Waals surface area (Å²) in [4.78, 5) is 16.4. The van der Waals surface area contributed by atoms with Crippen LogP contribution in [0.25, 0.3) is 10.6 Å². The highest BCUT2D eigenvalue weighted by molar-refractivity contribution is 7.16. The van der Waals surface area contributed by atoms with Crippen molar-refractivity contribution in [3.63, 3.8) is 0 Å². The summed E-state index contributed by atoms with van der Waals surface area (Å²) < 4.78 is 5.83.